The van der Waals surface area contributed by atoms with Crippen molar-refractivity contribution in [3.8, 4) is 0 Å². The molecule has 1 N–H and O–H groups in total. The zero-order valence-electron chi connectivity index (χ0n) is 8.47. The Kier molecular flexibility index (Phi) is 2.92. The first-order valence-electron chi connectivity index (χ1n) is 4.78. The van der Waals surface area contributed by atoms with Crippen LogP contribution in [0.5, 0.6) is 0 Å². The van der Waals surface area contributed by atoms with E-state index in [0.29, 0.717) is 11.8 Å². The Labute approximate surface area is 87.5 Å². The number of nitrogens with one attached hydrogen (secondary N) is 1. The van der Waals surface area contributed by atoms with Gasteiger partial charge in [-0.05, 0) is 31.0 Å². The Hall–Kier alpha value is -1.91. The standard InChI is InChI=1S/C10H12N4O/c1-8-13-10(15-14-8)12-7-4-9-2-5-11-6-3-9/h2-3,5-6H,4,7H2,1H3,(H,12,13,14). The van der Waals surface area contributed by atoms with Crippen LogP contribution in [0, 0.1) is 6.92 Å². The van der Waals surface area contributed by atoms with Crippen molar-refractivity contribution in [1.82, 2.24) is 15.1 Å². The minimum atomic E-state index is 0.474. The number of pyridine rings is 1. The predicted molar refractivity (Wildman–Crippen MR) is 55.5 cm³/mol. The topological polar surface area (TPSA) is 63.8 Å². The van der Waals surface area contributed by atoms with Crippen molar-refractivity contribution in [2.24, 2.45) is 0 Å². The number of nitrogens with zero attached hydrogens (tertiary/aromatic N) is 3. The Morgan fingerprint density at radius 3 is 2.80 bits per heavy atom. The van der Waals surface area contributed by atoms with E-state index in [4.69, 9.17) is 4.52 Å². The maximum atomic E-state index is 4.92. The molecular formula is C10H12N4O. The van der Waals surface area contributed by atoms with Crippen molar-refractivity contribution in [1.29, 1.82) is 0 Å². The lowest BCUT2D eigenvalue weighted by molar-refractivity contribution is 0.425. The smallest absolute Gasteiger partial charge is 0.321 e. The Morgan fingerprint density at radius 2 is 2.13 bits per heavy atom. The van der Waals surface area contributed by atoms with Crippen LogP contribution >= 0.6 is 0 Å². The second kappa shape index (κ2) is 4.54. The number of rotatable bonds is 4. The van der Waals surface area contributed by atoms with Gasteiger partial charge in [-0.3, -0.25) is 4.98 Å². The lowest BCUT2D eigenvalue weighted by Gasteiger charge is -2.00. The summed E-state index contributed by atoms with van der Waals surface area (Å²) in [6, 6.07) is 4.45. The van der Waals surface area contributed by atoms with E-state index < -0.39 is 0 Å². The summed E-state index contributed by atoms with van der Waals surface area (Å²) < 4.78 is 4.92. The van der Waals surface area contributed by atoms with Gasteiger partial charge in [0.25, 0.3) is 0 Å². The summed E-state index contributed by atoms with van der Waals surface area (Å²) in [5.41, 5.74) is 1.23. The lowest BCUT2D eigenvalue weighted by atomic mass is 10.2. The third-order valence-electron chi connectivity index (χ3n) is 1.97. The summed E-state index contributed by atoms with van der Waals surface area (Å²) >= 11 is 0. The molecule has 0 spiro atoms. The van der Waals surface area contributed by atoms with Crippen LogP contribution in [0.25, 0.3) is 0 Å². The van der Waals surface area contributed by atoms with Crippen molar-refractivity contribution in [2.75, 3.05) is 11.9 Å². The van der Waals surface area contributed by atoms with Crippen LogP contribution in [0.1, 0.15) is 11.4 Å². The molecule has 0 aromatic carbocycles. The first-order valence-corrected chi connectivity index (χ1v) is 4.78. The molecule has 15 heavy (non-hydrogen) atoms. The summed E-state index contributed by atoms with van der Waals surface area (Å²) in [5.74, 6) is 0.640. The molecule has 0 aliphatic carbocycles. The summed E-state index contributed by atoms with van der Waals surface area (Å²) in [5, 5.41) is 6.74. The molecule has 0 atom stereocenters. The zero-order valence-corrected chi connectivity index (χ0v) is 8.47. The van der Waals surface area contributed by atoms with E-state index in [2.05, 4.69) is 20.4 Å². The molecule has 0 unspecified atom stereocenters. The average Bonchev–Trinajstić information content (AvgIpc) is 2.66. The van der Waals surface area contributed by atoms with Gasteiger partial charge in [-0.1, -0.05) is 5.16 Å². The summed E-state index contributed by atoms with van der Waals surface area (Å²) in [6.45, 7) is 2.56. The number of aryl methyl sites for hydroxylation is 1. The van der Waals surface area contributed by atoms with Gasteiger partial charge in [0.2, 0.25) is 0 Å². The fraction of sp³-hybridized carbons (Fsp3) is 0.300. The molecular weight excluding hydrogens is 192 g/mol. The Balaban J connectivity index is 1.80. The van der Waals surface area contributed by atoms with Gasteiger partial charge in [0.1, 0.15) is 0 Å². The SMILES string of the molecule is Cc1noc(NCCc2ccncc2)n1. The van der Waals surface area contributed by atoms with Gasteiger partial charge < -0.3 is 9.84 Å². The van der Waals surface area contributed by atoms with E-state index in [-0.39, 0.29) is 0 Å². The first kappa shape index (κ1) is 9.64. The van der Waals surface area contributed by atoms with Gasteiger partial charge in [-0.15, -0.1) is 0 Å². The molecule has 0 aliphatic rings. The molecule has 78 valence electrons. The van der Waals surface area contributed by atoms with E-state index in [1.54, 1.807) is 19.3 Å². The number of hydrogen-bond donors (Lipinski definition) is 1. The third-order valence-corrected chi connectivity index (χ3v) is 1.97. The van der Waals surface area contributed by atoms with Crippen molar-refractivity contribution < 1.29 is 4.52 Å². The molecule has 0 aliphatic heterocycles. The predicted octanol–water partition coefficient (Wildman–Crippen LogP) is 1.43. The van der Waals surface area contributed by atoms with E-state index in [0.717, 1.165) is 13.0 Å². The summed E-state index contributed by atoms with van der Waals surface area (Å²) in [6.07, 6.45) is 4.47. The fourth-order valence-corrected chi connectivity index (χ4v) is 1.23. The highest BCUT2D eigenvalue weighted by Gasteiger charge is 2.00. The van der Waals surface area contributed by atoms with Crippen molar-refractivity contribution in [2.45, 2.75) is 13.3 Å². The van der Waals surface area contributed by atoms with Crippen LogP contribution in [0.2, 0.25) is 0 Å². The molecule has 2 rings (SSSR count). The van der Waals surface area contributed by atoms with Crippen LogP contribution in [0.4, 0.5) is 6.01 Å². The van der Waals surface area contributed by atoms with Crippen LogP contribution in [0.15, 0.2) is 29.0 Å². The zero-order chi connectivity index (χ0) is 10.5. The maximum absolute atomic E-state index is 4.92. The average molecular weight is 204 g/mol. The van der Waals surface area contributed by atoms with Crippen molar-refractivity contribution in [3.63, 3.8) is 0 Å². The van der Waals surface area contributed by atoms with E-state index in [1.807, 2.05) is 12.1 Å². The molecule has 0 saturated heterocycles. The molecule has 0 bridgehead atoms. The first-order chi connectivity index (χ1) is 7.34. The van der Waals surface area contributed by atoms with Gasteiger partial charge in [0, 0.05) is 18.9 Å². The highest BCUT2D eigenvalue weighted by Crippen LogP contribution is 2.03. The molecule has 2 aromatic rings. The molecule has 0 fully saturated rings. The minimum Gasteiger partial charge on any atom is -0.337 e. The Morgan fingerprint density at radius 1 is 1.33 bits per heavy atom. The van der Waals surface area contributed by atoms with E-state index >= 15 is 0 Å². The summed E-state index contributed by atoms with van der Waals surface area (Å²) in [4.78, 5) is 7.99. The lowest BCUT2D eigenvalue weighted by Crippen LogP contribution is -2.04. The largest absolute Gasteiger partial charge is 0.337 e. The van der Waals surface area contributed by atoms with Crippen molar-refractivity contribution in [3.05, 3.63) is 35.9 Å². The fourth-order valence-electron chi connectivity index (χ4n) is 1.23. The molecule has 0 amide bonds. The van der Waals surface area contributed by atoms with Crippen LogP contribution in [-0.2, 0) is 6.42 Å². The maximum Gasteiger partial charge on any atom is 0.321 e. The van der Waals surface area contributed by atoms with E-state index in [9.17, 15) is 0 Å². The molecule has 2 aromatic heterocycles. The van der Waals surface area contributed by atoms with Crippen molar-refractivity contribution >= 4 is 6.01 Å². The molecule has 2 heterocycles. The Bertz CT molecular complexity index is 412. The number of hydrogen-bond acceptors (Lipinski definition) is 5. The van der Waals surface area contributed by atoms with Gasteiger partial charge >= 0.3 is 6.01 Å². The van der Waals surface area contributed by atoms with Crippen LogP contribution in [0.3, 0.4) is 0 Å². The third kappa shape index (κ3) is 2.77. The van der Waals surface area contributed by atoms with Crippen LogP contribution in [-0.4, -0.2) is 21.7 Å². The van der Waals surface area contributed by atoms with Gasteiger partial charge in [0.15, 0.2) is 5.82 Å². The monoisotopic (exact) mass is 204 g/mol. The molecule has 5 nitrogen and oxygen atoms in total. The molecule has 5 heteroatoms. The number of aromatic nitrogens is 3. The minimum absolute atomic E-state index is 0.474. The highest BCUT2D eigenvalue weighted by molar-refractivity contribution is 5.19. The molecule has 0 radical (unpaired) electrons. The second-order valence-corrected chi connectivity index (χ2v) is 3.18. The highest BCUT2D eigenvalue weighted by atomic mass is 16.5. The molecule has 0 saturated carbocycles. The van der Waals surface area contributed by atoms with E-state index in [1.165, 1.54) is 5.56 Å². The quantitative estimate of drug-likeness (QED) is 0.816. The second-order valence-electron chi connectivity index (χ2n) is 3.18. The van der Waals surface area contributed by atoms with Gasteiger partial charge in [-0.25, -0.2) is 0 Å². The van der Waals surface area contributed by atoms with Crippen LogP contribution < -0.4 is 5.32 Å². The normalized spacial score (nSPS) is 10.2. The number of anilines is 1. The van der Waals surface area contributed by atoms with Gasteiger partial charge in [0.05, 0.1) is 0 Å². The van der Waals surface area contributed by atoms with Gasteiger partial charge in [-0.2, -0.15) is 4.98 Å². The summed E-state index contributed by atoms with van der Waals surface area (Å²) in [7, 11) is 0.